The van der Waals surface area contributed by atoms with Crippen molar-refractivity contribution in [3.63, 3.8) is 0 Å². The summed E-state index contributed by atoms with van der Waals surface area (Å²) in [5.74, 6) is 0.899. The molecule has 1 aromatic rings. The number of nitrogens with one attached hydrogen (secondary N) is 1. The van der Waals surface area contributed by atoms with E-state index in [1.54, 1.807) is 0 Å². The van der Waals surface area contributed by atoms with Crippen LogP contribution in [0.15, 0.2) is 18.2 Å². The van der Waals surface area contributed by atoms with Crippen LogP contribution in [-0.4, -0.2) is 17.4 Å². The van der Waals surface area contributed by atoms with Crippen LogP contribution < -0.4 is 5.32 Å². The summed E-state index contributed by atoms with van der Waals surface area (Å²) in [4.78, 5) is 21.4. The van der Waals surface area contributed by atoms with Gasteiger partial charge in [0.1, 0.15) is 11.4 Å². The Balaban J connectivity index is 2.93. The maximum Gasteiger partial charge on any atom is 0.285 e. The number of benzene rings is 1. The van der Waals surface area contributed by atoms with E-state index < -0.39 is 22.3 Å². The number of hydrogen-bond donors (Lipinski definition) is 1. The van der Waals surface area contributed by atoms with Gasteiger partial charge in [-0.25, -0.2) is 4.39 Å². The lowest BCUT2D eigenvalue weighted by Crippen LogP contribution is -2.25. The second-order valence-corrected chi connectivity index (χ2v) is 3.13. The highest BCUT2D eigenvalue weighted by atomic mass is 19.1. The molecule has 1 N–H and O–H groups in total. The fourth-order valence-corrected chi connectivity index (χ4v) is 1.19. The lowest BCUT2D eigenvalue weighted by atomic mass is 10.1. The van der Waals surface area contributed by atoms with E-state index in [4.69, 9.17) is 6.42 Å². The molecule has 0 unspecified atom stereocenters. The maximum atomic E-state index is 12.8. The molecule has 0 bridgehead atoms. The summed E-state index contributed by atoms with van der Waals surface area (Å²) in [6, 6.07) is 2.76. The van der Waals surface area contributed by atoms with Crippen molar-refractivity contribution in [2.75, 3.05) is 6.54 Å². The molecule has 0 radical (unpaired) electrons. The summed E-state index contributed by atoms with van der Waals surface area (Å²) in [7, 11) is 0. The quantitative estimate of drug-likeness (QED) is 0.372. The molecule has 1 aromatic carbocycles. The molecule has 5 nitrogen and oxygen atoms in total. The van der Waals surface area contributed by atoms with Crippen LogP contribution in [0.2, 0.25) is 0 Å². The molecule has 1 rings (SSSR count). The van der Waals surface area contributed by atoms with Crippen LogP contribution in [0.5, 0.6) is 0 Å². The number of terminal acetylenes is 1. The van der Waals surface area contributed by atoms with Gasteiger partial charge in [0.25, 0.3) is 11.6 Å². The Bertz CT molecular complexity index is 494. The monoisotopic (exact) mass is 236 g/mol. The zero-order chi connectivity index (χ0) is 12.8. The standard InChI is InChI=1S/C11H9FN2O3/c1-2-3-6-13-11(15)9-5-4-8(12)7-10(9)14(16)17/h1,4-5,7H,3,6H2,(H,13,15). The Morgan fingerprint density at radius 2 is 2.29 bits per heavy atom. The van der Waals surface area contributed by atoms with E-state index in [2.05, 4.69) is 11.2 Å². The normalized spacial score (nSPS) is 9.41. The van der Waals surface area contributed by atoms with Gasteiger partial charge in [-0.3, -0.25) is 14.9 Å². The van der Waals surface area contributed by atoms with E-state index in [9.17, 15) is 19.3 Å². The Kier molecular flexibility index (Phi) is 4.17. The van der Waals surface area contributed by atoms with Crippen LogP contribution in [-0.2, 0) is 0 Å². The highest BCUT2D eigenvalue weighted by molar-refractivity contribution is 5.98. The first-order valence-electron chi connectivity index (χ1n) is 4.72. The van der Waals surface area contributed by atoms with Crippen LogP contribution >= 0.6 is 0 Å². The van der Waals surface area contributed by atoms with Crippen molar-refractivity contribution in [3.05, 3.63) is 39.7 Å². The molecule has 6 heteroatoms. The van der Waals surface area contributed by atoms with Crippen molar-refractivity contribution < 1.29 is 14.1 Å². The summed E-state index contributed by atoms with van der Waals surface area (Å²) in [5.41, 5.74) is -0.753. The number of carbonyl (C=O) groups is 1. The molecular weight excluding hydrogens is 227 g/mol. The smallest absolute Gasteiger partial charge is 0.285 e. The Hall–Kier alpha value is -2.42. The number of nitrogens with zero attached hydrogens (tertiary/aromatic N) is 1. The predicted octanol–water partition coefficient (Wildman–Crippen LogP) is 1.49. The van der Waals surface area contributed by atoms with Crippen LogP contribution in [0, 0.1) is 28.3 Å². The number of rotatable bonds is 4. The first kappa shape index (κ1) is 12.6. The van der Waals surface area contributed by atoms with Gasteiger partial charge in [0.05, 0.1) is 11.0 Å². The number of carbonyl (C=O) groups excluding carboxylic acids is 1. The SMILES string of the molecule is C#CCCNC(=O)c1ccc(F)cc1[N+](=O)[O-]. The van der Waals surface area contributed by atoms with Crippen molar-refractivity contribution in [2.45, 2.75) is 6.42 Å². The van der Waals surface area contributed by atoms with Gasteiger partial charge in [-0.2, -0.15) is 0 Å². The molecule has 0 spiro atoms. The highest BCUT2D eigenvalue weighted by Crippen LogP contribution is 2.19. The molecule has 0 saturated heterocycles. The van der Waals surface area contributed by atoms with Crippen molar-refractivity contribution in [3.8, 4) is 12.3 Å². The molecular formula is C11H9FN2O3. The van der Waals surface area contributed by atoms with E-state index in [-0.39, 0.29) is 12.1 Å². The summed E-state index contributed by atoms with van der Waals surface area (Å²) in [6.45, 7) is 0.212. The van der Waals surface area contributed by atoms with Gasteiger partial charge >= 0.3 is 0 Å². The number of nitro benzene ring substituents is 1. The molecule has 88 valence electrons. The molecule has 0 heterocycles. The molecule has 0 fully saturated rings. The van der Waals surface area contributed by atoms with Crippen LogP contribution in [0.25, 0.3) is 0 Å². The average Bonchev–Trinajstić information content (AvgIpc) is 2.29. The van der Waals surface area contributed by atoms with Gasteiger partial charge in [0, 0.05) is 13.0 Å². The van der Waals surface area contributed by atoms with Crippen molar-refractivity contribution in [1.29, 1.82) is 0 Å². The van der Waals surface area contributed by atoms with Crippen LogP contribution in [0.3, 0.4) is 0 Å². The van der Waals surface area contributed by atoms with Gasteiger partial charge in [0.15, 0.2) is 0 Å². The second kappa shape index (κ2) is 5.61. The molecule has 0 atom stereocenters. The first-order valence-corrected chi connectivity index (χ1v) is 4.72. The lowest BCUT2D eigenvalue weighted by Gasteiger charge is -2.03. The molecule has 0 aliphatic rings. The zero-order valence-electron chi connectivity index (χ0n) is 8.77. The summed E-state index contributed by atoms with van der Waals surface area (Å²) < 4.78 is 12.8. The minimum Gasteiger partial charge on any atom is -0.351 e. The van der Waals surface area contributed by atoms with Crippen LogP contribution in [0.1, 0.15) is 16.8 Å². The Morgan fingerprint density at radius 1 is 1.59 bits per heavy atom. The van der Waals surface area contributed by atoms with E-state index in [0.29, 0.717) is 12.5 Å². The fraction of sp³-hybridized carbons (Fsp3) is 0.182. The molecule has 0 aliphatic carbocycles. The molecule has 0 aliphatic heterocycles. The third-order valence-electron chi connectivity index (χ3n) is 1.96. The van der Waals surface area contributed by atoms with E-state index >= 15 is 0 Å². The summed E-state index contributed by atoms with van der Waals surface area (Å²) in [5, 5.41) is 13.0. The minimum atomic E-state index is -0.806. The number of hydrogen-bond acceptors (Lipinski definition) is 3. The van der Waals surface area contributed by atoms with Gasteiger partial charge in [-0.05, 0) is 12.1 Å². The summed E-state index contributed by atoms with van der Waals surface area (Å²) in [6.07, 6.45) is 5.31. The van der Waals surface area contributed by atoms with Crippen molar-refractivity contribution >= 4 is 11.6 Å². The fourth-order valence-electron chi connectivity index (χ4n) is 1.19. The number of halogens is 1. The van der Waals surface area contributed by atoms with Gasteiger partial charge in [0.2, 0.25) is 0 Å². The van der Waals surface area contributed by atoms with Crippen LogP contribution in [0.4, 0.5) is 10.1 Å². The predicted molar refractivity (Wildman–Crippen MR) is 58.8 cm³/mol. The number of nitro groups is 1. The number of amides is 1. The van der Waals surface area contributed by atoms with E-state index in [0.717, 1.165) is 12.1 Å². The van der Waals surface area contributed by atoms with Gasteiger partial charge in [-0.1, -0.05) is 0 Å². The topological polar surface area (TPSA) is 72.2 Å². The lowest BCUT2D eigenvalue weighted by molar-refractivity contribution is -0.385. The Labute approximate surface area is 96.8 Å². The second-order valence-electron chi connectivity index (χ2n) is 3.13. The van der Waals surface area contributed by atoms with Gasteiger partial charge in [-0.15, -0.1) is 12.3 Å². The molecule has 0 aromatic heterocycles. The largest absolute Gasteiger partial charge is 0.351 e. The first-order chi connectivity index (χ1) is 8.06. The zero-order valence-corrected chi connectivity index (χ0v) is 8.77. The van der Waals surface area contributed by atoms with Crippen molar-refractivity contribution in [2.24, 2.45) is 0 Å². The van der Waals surface area contributed by atoms with Crippen molar-refractivity contribution in [1.82, 2.24) is 5.32 Å². The van der Waals surface area contributed by atoms with E-state index in [1.807, 2.05) is 0 Å². The molecule has 17 heavy (non-hydrogen) atoms. The molecule has 1 amide bonds. The summed E-state index contributed by atoms with van der Waals surface area (Å²) >= 11 is 0. The third kappa shape index (κ3) is 3.28. The average molecular weight is 236 g/mol. The van der Waals surface area contributed by atoms with Gasteiger partial charge < -0.3 is 5.32 Å². The maximum absolute atomic E-state index is 12.8. The third-order valence-corrected chi connectivity index (χ3v) is 1.96. The van der Waals surface area contributed by atoms with E-state index in [1.165, 1.54) is 0 Å². The minimum absolute atomic E-state index is 0.187. The highest BCUT2D eigenvalue weighted by Gasteiger charge is 2.20. The Morgan fingerprint density at radius 3 is 2.88 bits per heavy atom. The molecule has 0 saturated carbocycles.